The fraction of sp³-hybridized carbons (Fsp3) is 0.636. The van der Waals surface area contributed by atoms with E-state index in [0.29, 0.717) is 36.8 Å². The van der Waals surface area contributed by atoms with Crippen LogP contribution in [0.15, 0.2) is 18.2 Å². The molecule has 1 aromatic carbocycles. The van der Waals surface area contributed by atoms with Crippen LogP contribution in [0.25, 0.3) is 0 Å². The van der Waals surface area contributed by atoms with Crippen molar-refractivity contribution in [1.29, 1.82) is 0 Å². The fourth-order valence-electron chi connectivity index (χ4n) is 4.79. The van der Waals surface area contributed by atoms with Crippen molar-refractivity contribution in [3.05, 3.63) is 24.0 Å². The first-order valence-electron chi connectivity index (χ1n) is 11.3. The van der Waals surface area contributed by atoms with Gasteiger partial charge in [-0.05, 0) is 49.3 Å². The summed E-state index contributed by atoms with van der Waals surface area (Å²) < 4.78 is 43.1. The minimum Gasteiger partial charge on any atom is -0.442 e. The molecule has 3 aliphatic rings. The smallest absolute Gasteiger partial charge is 0.414 e. The summed E-state index contributed by atoms with van der Waals surface area (Å²) in [5, 5.41) is 2.75. The summed E-state index contributed by atoms with van der Waals surface area (Å²) in [5.74, 6) is 0.715. The molecule has 0 bridgehead atoms. The normalized spacial score (nSPS) is 23.7. The molecular weight excluding hydrogens is 437 g/mol. The van der Waals surface area contributed by atoms with Gasteiger partial charge in [-0.2, -0.15) is 0 Å². The average molecular weight is 468 g/mol. The van der Waals surface area contributed by atoms with Gasteiger partial charge in [-0.15, -0.1) is 0 Å². The highest BCUT2D eigenvalue weighted by Gasteiger charge is 2.40. The minimum absolute atomic E-state index is 0.0832. The van der Waals surface area contributed by atoms with Crippen LogP contribution in [0.3, 0.4) is 0 Å². The average Bonchev–Trinajstić information content (AvgIpc) is 3.11. The summed E-state index contributed by atoms with van der Waals surface area (Å²) in [6.07, 6.45) is 1.85. The van der Waals surface area contributed by atoms with Gasteiger partial charge >= 0.3 is 6.09 Å². The van der Waals surface area contributed by atoms with Crippen molar-refractivity contribution in [2.75, 3.05) is 47.5 Å². The quantitative estimate of drug-likeness (QED) is 0.661. The van der Waals surface area contributed by atoms with Crippen LogP contribution in [0.2, 0.25) is 0 Å². The van der Waals surface area contributed by atoms with Crippen LogP contribution in [0.4, 0.5) is 20.6 Å². The molecule has 0 aromatic heterocycles. The first-order chi connectivity index (χ1) is 15.3. The number of nitrogens with one attached hydrogen (secondary N) is 1. The molecule has 8 nitrogen and oxygen atoms in total. The van der Waals surface area contributed by atoms with E-state index in [9.17, 15) is 22.4 Å². The summed E-state index contributed by atoms with van der Waals surface area (Å²) in [4.78, 5) is 27.2. The highest BCUT2D eigenvalue weighted by atomic mass is 32.2. The van der Waals surface area contributed by atoms with Crippen LogP contribution in [-0.4, -0.2) is 64.2 Å². The Bertz CT molecular complexity index is 966. The van der Waals surface area contributed by atoms with Crippen LogP contribution in [0.1, 0.15) is 32.6 Å². The molecule has 3 saturated heterocycles. The number of nitrogens with zero attached hydrogens (tertiary/aromatic N) is 2. The van der Waals surface area contributed by atoms with Crippen molar-refractivity contribution in [2.45, 2.75) is 38.7 Å². The molecule has 0 aliphatic carbocycles. The van der Waals surface area contributed by atoms with Crippen molar-refractivity contribution in [1.82, 2.24) is 5.32 Å². The first-order valence-corrected chi connectivity index (χ1v) is 13.1. The molecule has 2 amide bonds. The monoisotopic (exact) mass is 467 g/mol. The predicted octanol–water partition coefficient (Wildman–Crippen LogP) is 2.33. The van der Waals surface area contributed by atoms with Crippen molar-refractivity contribution in [2.24, 2.45) is 11.8 Å². The standard InChI is InChI=1S/C22H30FN3O5S/c1-2-3-21(27)24-11-18-12-26(22(28)31-18)17-4-5-20(19(23)10-17)25-8-6-15(7-9-25)16-13-32(29,30)14-16/h4-5,10,15-16,18H,2-3,6-9,11-14H2,1H3,(H,24,27)/t18-/m0/s1. The van der Waals surface area contributed by atoms with Gasteiger partial charge in [0.05, 0.1) is 36.0 Å². The number of ether oxygens (including phenoxy) is 1. The Morgan fingerprint density at radius 2 is 1.94 bits per heavy atom. The number of cyclic esters (lactones) is 1. The molecule has 3 heterocycles. The lowest BCUT2D eigenvalue weighted by molar-refractivity contribution is -0.121. The number of hydrogen-bond donors (Lipinski definition) is 1. The van der Waals surface area contributed by atoms with Gasteiger partial charge in [-0.1, -0.05) is 6.92 Å². The molecule has 1 atom stereocenters. The summed E-state index contributed by atoms with van der Waals surface area (Å²) in [7, 11) is -2.82. The molecule has 32 heavy (non-hydrogen) atoms. The predicted molar refractivity (Wildman–Crippen MR) is 119 cm³/mol. The van der Waals surface area contributed by atoms with Crippen molar-refractivity contribution in [3.8, 4) is 0 Å². The lowest BCUT2D eigenvalue weighted by Crippen LogP contribution is -2.45. The highest BCUT2D eigenvalue weighted by Crippen LogP contribution is 2.36. The topological polar surface area (TPSA) is 96.0 Å². The Kier molecular flexibility index (Phi) is 6.60. The van der Waals surface area contributed by atoms with E-state index >= 15 is 0 Å². The summed E-state index contributed by atoms with van der Waals surface area (Å²) in [6, 6.07) is 4.74. The number of benzene rings is 1. The van der Waals surface area contributed by atoms with E-state index < -0.39 is 27.9 Å². The van der Waals surface area contributed by atoms with Gasteiger partial charge < -0.3 is 15.0 Å². The number of sulfone groups is 1. The van der Waals surface area contributed by atoms with E-state index in [-0.39, 0.29) is 36.4 Å². The van der Waals surface area contributed by atoms with Crippen LogP contribution in [-0.2, 0) is 19.4 Å². The fourth-order valence-corrected chi connectivity index (χ4v) is 6.54. The van der Waals surface area contributed by atoms with E-state index in [0.717, 1.165) is 19.3 Å². The van der Waals surface area contributed by atoms with Crippen molar-refractivity contribution < 1.29 is 27.1 Å². The molecule has 4 rings (SSSR count). The van der Waals surface area contributed by atoms with Crippen LogP contribution >= 0.6 is 0 Å². The Morgan fingerprint density at radius 1 is 1.22 bits per heavy atom. The summed E-state index contributed by atoms with van der Waals surface area (Å²) in [5.41, 5.74) is 0.914. The molecule has 0 unspecified atom stereocenters. The second kappa shape index (κ2) is 9.25. The first kappa shape index (κ1) is 22.8. The molecule has 3 aliphatic heterocycles. The molecule has 0 saturated carbocycles. The van der Waals surface area contributed by atoms with Gasteiger partial charge in [0.25, 0.3) is 0 Å². The zero-order valence-corrected chi connectivity index (χ0v) is 19.1. The number of carbonyl (C=O) groups excluding carboxylic acids is 2. The van der Waals surface area contributed by atoms with Crippen LogP contribution in [0, 0.1) is 17.7 Å². The molecule has 0 spiro atoms. The molecule has 3 fully saturated rings. The molecular formula is C22H30FN3O5S. The Balaban J connectivity index is 1.32. The lowest BCUT2D eigenvalue weighted by atomic mass is 9.86. The number of rotatable bonds is 7. The number of amides is 2. The van der Waals surface area contributed by atoms with Crippen molar-refractivity contribution >= 4 is 33.2 Å². The third kappa shape index (κ3) is 5.00. The third-order valence-electron chi connectivity index (χ3n) is 6.60. The summed E-state index contributed by atoms with van der Waals surface area (Å²) >= 11 is 0. The molecule has 0 radical (unpaired) electrons. The number of anilines is 2. The number of piperidine rings is 1. The second-order valence-corrected chi connectivity index (χ2v) is 11.1. The third-order valence-corrected chi connectivity index (χ3v) is 8.48. The van der Waals surface area contributed by atoms with Gasteiger partial charge in [0.15, 0.2) is 9.84 Å². The van der Waals surface area contributed by atoms with E-state index in [2.05, 4.69) is 5.32 Å². The molecule has 10 heteroatoms. The molecule has 1 aromatic rings. The maximum Gasteiger partial charge on any atom is 0.414 e. The van der Waals surface area contributed by atoms with Gasteiger partial charge in [-0.25, -0.2) is 17.6 Å². The maximum atomic E-state index is 14.9. The SMILES string of the molecule is CCCC(=O)NC[C@H]1CN(c2ccc(N3CCC(C4CS(=O)(=O)C4)CC3)c(F)c2)C(=O)O1. The Labute approximate surface area is 188 Å². The lowest BCUT2D eigenvalue weighted by Gasteiger charge is -2.40. The minimum atomic E-state index is -2.82. The van der Waals surface area contributed by atoms with E-state index in [1.54, 1.807) is 12.1 Å². The zero-order chi connectivity index (χ0) is 22.9. The van der Waals surface area contributed by atoms with Crippen LogP contribution in [0.5, 0.6) is 0 Å². The van der Waals surface area contributed by atoms with Gasteiger partial charge in [0.1, 0.15) is 11.9 Å². The van der Waals surface area contributed by atoms with Gasteiger partial charge in [0, 0.05) is 19.5 Å². The van der Waals surface area contributed by atoms with E-state index in [4.69, 9.17) is 4.74 Å². The maximum absolute atomic E-state index is 14.9. The van der Waals surface area contributed by atoms with Gasteiger partial charge in [-0.3, -0.25) is 9.69 Å². The molecule has 176 valence electrons. The second-order valence-electron chi connectivity index (χ2n) is 8.97. The largest absolute Gasteiger partial charge is 0.442 e. The van der Waals surface area contributed by atoms with Crippen LogP contribution < -0.4 is 15.1 Å². The van der Waals surface area contributed by atoms with E-state index in [1.807, 2.05) is 11.8 Å². The zero-order valence-electron chi connectivity index (χ0n) is 18.3. The molecule has 1 N–H and O–H groups in total. The van der Waals surface area contributed by atoms with Crippen molar-refractivity contribution in [3.63, 3.8) is 0 Å². The highest BCUT2D eigenvalue weighted by molar-refractivity contribution is 7.92. The van der Waals surface area contributed by atoms with Gasteiger partial charge in [0.2, 0.25) is 5.91 Å². The number of hydrogen-bond acceptors (Lipinski definition) is 6. The van der Waals surface area contributed by atoms with E-state index in [1.165, 1.54) is 11.0 Å². The summed E-state index contributed by atoms with van der Waals surface area (Å²) in [6.45, 7) is 3.77. The number of carbonyl (C=O) groups is 2. The Morgan fingerprint density at radius 3 is 2.56 bits per heavy atom. The number of halogens is 1. The Hall–Kier alpha value is -2.36.